The van der Waals surface area contributed by atoms with Crippen LogP contribution < -0.4 is 5.32 Å². The minimum absolute atomic E-state index is 0.0123. The molecule has 1 N–H and O–H groups in total. The average molecular weight is 226 g/mol. The van der Waals surface area contributed by atoms with Gasteiger partial charge in [0.25, 0.3) is 0 Å². The fourth-order valence-electron chi connectivity index (χ4n) is 1.67. The minimum atomic E-state index is -0.391. The number of piperazine rings is 1. The predicted molar refractivity (Wildman–Crippen MR) is 58.5 cm³/mol. The Labute approximate surface area is 95.2 Å². The number of nitrogens with zero attached hydrogens (tertiary/aromatic N) is 1. The Balaban J connectivity index is 2.30. The summed E-state index contributed by atoms with van der Waals surface area (Å²) in [4.78, 5) is 35.1. The Hall–Kier alpha value is -1.39. The van der Waals surface area contributed by atoms with E-state index in [2.05, 4.69) is 12.2 Å². The van der Waals surface area contributed by atoms with E-state index in [0.717, 1.165) is 25.7 Å². The molecular weight excluding hydrogens is 208 g/mol. The first-order chi connectivity index (χ1) is 7.63. The molecule has 5 nitrogen and oxygen atoms in total. The highest BCUT2D eigenvalue weighted by molar-refractivity contribution is 6.02. The van der Waals surface area contributed by atoms with Crippen LogP contribution in [0.15, 0.2) is 0 Å². The fraction of sp³-hybridized carbons (Fsp3) is 0.727. The van der Waals surface area contributed by atoms with E-state index in [1.54, 1.807) is 0 Å². The van der Waals surface area contributed by atoms with Crippen LogP contribution in [0.2, 0.25) is 0 Å². The molecule has 0 atom stereocenters. The van der Waals surface area contributed by atoms with E-state index in [-0.39, 0.29) is 19.0 Å². The summed E-state index contributed by atoms with van der Waals surface area (Å²) in [5, 5.41) is 2.17. The van der Waals surface area contributed by atoms with Gasteiger partial charge in [0, 0.05) is 6.42 Å². The van der Waals surface area contributed by atoms with Crippen LogP contribution in [0.5, 0.6) is 0 Å². The number of nitrogens with one attached hydrogen (secondary N) is 1. The summed E-state index contributed by atoms with van der Waals surface area (Å²) in [6.45, 7) is 2.13. The van der Waals surface area contributed by atoms with Gasteiger partial charge in [-0.25, -0.2) is 0 Å². The van der Waals surface area contributed by atoms with Crippen molar-refractivity contribution in [3.63, 3.8) is 0 Å². The summed E-state index contributed by atoms with van der Waals surface area (Å²) in [6.07, 6.45) is 4.53. The maximum Gasteiger partial charge on any atom is 0.246 e. The molecule has 1 aliphatic heterocycles. The first kappa shape index (κ1) is 12.7. The van der Waals surface area contributed by atoms with E-state index < -0.39 is 11.8 Å². The number of carbonyl (C=O) groups is 3. The molecule has 90 valence electrons. The van der Waals surface area contributed by atoms with E-state index in [4.69, 9.17) is 0 Å². The second kappa shape index (κ2) is 6.25. The molecule has 0 bridgehead atoms. The summed E-state index contributed by atoms with van der Waals surface area (Å²) in [6, 6.07) is 0. The molecular formula is C11H18N2O3. The lowest BCUT2D eigenvalue weighted by Gasteiger charge is -2.25. The van der Waals surface area contributed by atoms with Gasteiger partial charge in [-0.15, -0.1) is 0 Å². The van der Waals surface area contributed by atoms with E-state index >= 15 is 0 Å². The van der Waals surface area contributed by atoms with Crippen molar-refractivity contribution >= 4 is 17.7 Å². The second-order valence-corrected chi connectivity index (χ2v) is 4.03. The van der Waals surface area contributed by atoms with Gasteiger partial charge in [0.05, 0.1) is 0 Å². The number of hydrogen-bond acceptors (Lipinski definition) is 3. The van der Waals surface area contributed by atoms with Crippen LogP contribution in [-0.2, 0) is 14.4 Å². The molecule has 0 aromatic rings. The summed E-state index contributed by atoms with van der Waals surface area (Å²) in [7, 11) is 0. The normalized spacial score (nSPS) is 16.2. The SMILES string of the molecule is CCCCCCC(=O)N1CC(=O)NC(=O)C1. The van der Waals surface area contributed by atoms with Crippen molar-refractivity contribution < 1.29 is 14.4 Å². The number of unbranched alkanes of at least 4 members (excludes halogenated alkanes) is 3. The molecule has 1 aliphatic rings. The van der Waals surface area contributed by atoms with Crippen molar-refractivity contribution in [2.75, 3.05) is 13.1 Å². The van der Waals surface area contributed by atoms with Gasteiger partial charge in [0.2, 0.25) is 17.7 Å². The maximum absolute atomic E-state index is 11.6. The zero-order valence-corrected chi connectivity index (χ0v) is 9.62. The lowest BCUT2D eigenvalue weighted by atomic mass is 10.1. The molecule has 0 spiro atoms. The Bertz CT molecular complexity index is 273. The van der Waals surface area contributed by atoms with Crippen LogP contribution in [0, 0.1) is 0 Å². The van der Waals surface area contributed by atoms with Gasteiger partial charge in [-0.2, -0.15) is 0 Å². The summed E-state index contributed by atoms with van der Waals surface area (Å²) in [5.74, 6) is -0.879. The molecule has 0 radical (unpaired) electrons. The number of imide groups is 1. The minimum Gasteiger partial charge on any atom is -0.324 e. The first-order valence-electron chi connectivity index (χ1n) is 5.74. The van der Waals surface area contributed by atoms with Crippen LogP contribution in [0.25, 0.3) is 0 Å². The fourth-order valence-corrected chi connectivity index (χ4v) is 1.67. The highest BCUT2D eigenvalue weighted by atomic mass is 16.2. The quantitative estimate of drug-likeness (QED) is 0.546. The number of hydrogen-bond donors (Lipinski definition) is 1. The van der Waals surface area contributed by atoms with Gasteiger partial charge in [-0.3, -0.25) is 19.7 Å². The molecule has 0 unspecified atom stereocenters. The standard InChI is InChI=1S/C11H18N2O3/c1-2-3-4-5-6-11(16)13-7-9(14)12-10(15)8-13/h2-8H2,1H3,(H,12,14,15). The van der Waals surface area contributed by atoms with E-state index in [1.807, 2.05) is 0 Å². The Morgan fingerprint density at radius 2 is 1.81 bits per heavy atom. The monoisotopic (exact) mass is 226 g/mol. The Kier molecular flexibility index (Phi) is 4.95. The predicted octanol–water partition coefficient (Wildman–Crippen LogP) is 0.442. The van der Waals surface area contributed by atoms with Gasteiger partial charge >= 0.3 is 0 Å². The molecule has 0 saturated carbocycles. The van der Waals surface area contributed by atoms with E-state index in [0.29, 0.717) is 6.42 Å². The first-order valence-corrected chi connectivity index (χ1v) is 5.74. The lowest BCUT2D eigenvalue weighted by Crippen LogP contribution is -2.53. The molecule has 0 aromatic heterocycles. The van der Waals surface area contributed by atoms with Crippen molar-refractivity contribution in [2.24, 2.45) is 0 Å². The van der Waals surface area contributed by atoms with Crippen molar-refractivity contribution in [1.82, 2.24) is 10.2 Å². The molecule has 0 aromatic carbocycles. The topological polar surface area (TPSA) is 66.5 Å². The van der Waals surface area contributed by atoms with Crippen LogP contribution in [0.3, 0.4) is 0 Å². The van der Waals surface area contributed by atoms with E-state index in [1.165, 1.54) is 4.90 Å². The van der Waals surface area contributed by atoms with Gasteiger partial charge in [-0.05, 0) is 6.42 Å². The third kappa shape index (κ3) is 4.00. The number of rotatable bonds is 5. The summed E-state index contributed by atoms with van der Waals surface area (Å²) in [5.41, 5.74) is 0. The average Bonchev–Trinajstić information content (AvgIpc) is 2.22. The maximum atomic E-state index is 11.6. The van der Waals surface area contributed by atoms with Crippen molar-refractivity contribution in [1.29, 1.82) is 0 Å². The highest BCUT2D eigenvalue weighted by Gasteiger charge is 2.25. The summed E-state index contributed by atoms with van der Waals surface area (Å²) >= 11 is 0. The number of amides is 3. The zero-order valence-electron chi connectivity index (χ0n) is 9.62. The van der Waals surface area contributed by atoms with Crippen molar-refractivity contribution in [3.05, 3.63) is 0 Å². The lowest BCUT2D eigenvalue weighted by molar-refractivity contribution is -0.145. The van der Waals surface area contributed by atoms with Gasteiger partial charge in [-0.1, -0.05) is 26.2 Å². The van der Waals surface area contributed by atoms with Gasteiger partial charge in [0.1, 0.15) is 13.1 Å². The summed E-state index contributed by atoms with van der Waals surface area (Å²) < 4.78 is 0. The molecule has 5 heteroatoms. The molecule has 1 heterocycles. The molecule has 16 heavy (non-hydrogen) atoms. The third-order valence-electron chi connectivity index (χ3n) is 2.54. The largest absolute Gasteiger partial charge is 0.324 e. The van der Waals surface area contributed by atoms with Crippen LogP contribution in [0.4, 0.5) is 0 Å². The van der Waals surface area contributed by atoms with Crippen LogP contribution in [0.1, 0.15) is 39.0 Å². The third-order valence-corrected chi connectivity index (χ3v) is 2.54. The molecule has 0 aliphatic carbocycles. The highest BCUT2D eigenvalue weighted by Crippen LogP contribution is 2.06. The van der Waals surface area contributed by atoms with Crippen LogP contribution in [-0.4, -0.2) is 35.7 Å². The molecule has 3 amide bonds. The smallest absolute Gasteiger partial charge is 0.246 e. The molecule has 1 saturated heterocycles. The van der Waals surface area contributed by atoms with Gasteiger partial charge in [0.15, 0.2) is 0 Å². The van der Waals surface area contributed by atoms with Crippen LogP contribution >= 0.6 is 0 Å². The Morgan fingerprint density at radius 3 is 2.38 bits per heavy atom. The van der Waals surface area contributed by atoms with Crippen molar-refractivity contribution in [3.8, 4) is 0 Å². The molecule has 1 rings (SSSR count). The number of carbonyl (C=O) groups excluding carboxylic acids is 3. The van der Waals surface area contributed by atoms with Gasteiger partial charge < -0.3 is 4.90 Å². The second-order valence-electron chi connectivity index (χ2n) is 4.03. The Morgan fingerprint density at radius 1 is 1.19 bits per heavy atom. The van der Waals surface area contributed by atoms with Crippen molar-refractivity contribution in [2.45, 2.75) is 39.0 Å². The van der Waals surface area contributed by atoms with E-state index in [9.17, 15) is 14.4 Å². The molecule has 1 fully saturated rings. The zero-order chi connectivity index (χ0) is 12.0.